The number of aromatic nitrogens is 1. The van der Waals surface area contributed by atoms with Gasteiger partial charge in [-0.2, -0.15) is 0 Å². The summed E-state index contributed by atoms with van der Waals surface area (Å²) in [6, 6.07) is 4.89. The molecule has 0 atom stereocenters. The monoisotopic (exact) mass is 275 g/mol. The SMILES string of the molecule is CC(=O)Oc1cn(C(C)=O)c2cc(CC(=O)O)ccc12. The zero-order valence-corrected chi connectivity index (χ0v) is 11.0. The molecule has 0 aliphatic carbocycles. The van der Waals surface area contributed by atoms with Gasteiger partial charge in [0.15, 0.2) is 5.75 Å². The Balaban J connectivity index is 2.60. The highest BCUT2D eigenvalue weighted by Crippen LogP contribution is 2.29. The Hall–Kier alpha value is -2.63. The molecule has 1 heterocycles. The maximum absolute atomic E-state index is 11.6. The van der Waals surface area contributed by atoms with E-state index < -0.39 is 11.9 Å². The van der Waals surface area contributed by atoms with Crippen LogP contribution in [0, 0.1) is 0 Å². The van der Waals surface area contributed by atoms with Crippen molar-refractivity contribution in [3.8, 4) is 5.75 Å². The third-order valence-corrected chi connectivity index (χ3v) is 2.78. The molecule has 6 nitrogen and oxygen atoms in total. The van der Waals surface area contributed by atoms with Gasteiger partial charge in [-0.15, -0.1) is 0 Å². The summed E-state index contributed by atoms with van der Waals surface area (Å²) in [7, 11) is 0. The number of fused-ring (bicyclic) bond motifs is 1. The molecule has 0 radical (unpaired) electrons. The van der Waals surface area contributed by atoms with Gasteiger partial charge in [0.1, 0.15) is 0 Å². The minimum atomic E-state index is -0.953. The predicted octanol–water partition coefficient (Wildman–Crippen LogP) is 1.85. The zero-order chi connectivity index (χ0) is 14.9. The molecule has 0 aliphatic heterocycles. The van der Waals surface area contributed by atoms with Gasteiger partial charge < -0.3 is 9.84 Å². The standard InChI is InChI=1S/C14H13NO5/c1-8(16)15-7-13(20-9(2)17)11-4-3-10(5-12(11)15)6-14(18)19/h3-5,7H,6H2,1-2H3,(H,18,19). The normalized spacial score (nSPS) is 10.5. The summed E-state index contributed by atoms with van der Waals surface area (Å²) in [4.78, 5) is 33.4. The van der Waals surface area contributed by atoms with E-state index >= 15 is 0 Å². The largest absolute Gasteiger partial charge is 0.481 e. The van der Waals surface area contributed by atoms with Gasteiger partial charge in [0.25, 0.3) is 0 Å². The van der Waals surface area contributed by atoms with Crippen LogP contribution in [0.25, 0.3) is 10.9 Å². The maximum atomic E-state index is 11.6. The number of carboxylic acid groups (broad SMARTS) is 1. The number of carbonyl (C=O) groups excluding carboxylic acids is 2. The molecule has 2 rings (SSSR count). The number of carbonyl (C=O) groups is 3. The fraction of sp³-hybridized carbons (Fsp3) is 0.214. The number of esters is 1. The first-order chi connectivity index (χ1) is 9.38. The van der Waals surface area contributed by atoms with Gasteiger partial charge in [-0.1, -0.05) is 6.07 Å². The first kappa shape index (κ1) is 13.8. The predicted molar refractivity (Wildman–Crippen MR) is 70.9 cm³/mol. The van der Waals surface area contributed by atoms with Crippen molar-refractivity contribution in [2.45, 2.75) is 20.3 Å². The van der Waals surface area contributed by atoms with Crippen molar-refractivity contribution >= 4 is 28.7 Å². The van der Waals surface area contributed by atoms with E-state index in [4.69, 9.17) is 9.84 Å². The minimum absolute atomic E-state index is 0.137. The van der Waals surface area contributed by atoms with Crippen LogP contribution >= 0.6 is 0 Å². The van der Waals surface area contributed by atoms with E-state index in [-0.39, 0.29) is 18.1 Å². The molecule has 0 bridgehead atoms. The fourth-order valence-electron chi connectivity index (χ4n) is 2.02. The number of aliphatic carboxylic acids is 1. The third-order valence-electron chi connectivity index (χ3n) is 2.78. The molecule has 1 aromatic heterocycles. The summed E-state index contributed by atoms with van der Waals surface area (Å²) in [5.74, 6) is -1.40. The van der Waals surface area contributed by atoms with Crippen LogP contribution in [0.5, 0.6) is 5.75 Å². The van der Waals surface area contributed by atoms with Crippen LogP contribution in [0.4, 0.5) is 0 Å². The van der Waals surface area contributed by atoms with Crippen molar-refractivity contribution in [2.75, 3.05) is 0 Å². The highest BCUT2D eigenvalue weighted by Gasteiger charge is 2.14. The molecule has 20 heavy (non-hydrogen) atoms. The Morgan fingerprint density at radius 2 is 1.95 bits per heavy atom. The van der Waals surface area contributed by atoms with Gasteiger partial charge in [-0.05, 0) is 17.7 Å². The lowest BCUT2D eigenvalue weighted by atomic mass is 10.1. The zero-order valence-electron chi connectivity index (χ0n) is 11.0. The van der Waals surface area contributed by atoms with Crippen LogP contribution in [-0.2, 0) is 16.0 Å². The van der Waals surface area contributed by atoms with Crippen LogP contribution < -0.4 is 4.74 Å². The first-order valence-corrected chi connectivity index (χ1v) is 5.93. The second-order valence-electron chi connectivity index (χ2n) is 4.40. The molecule has 0 aliphatic rings. The molecule has 104 valence electrons. The van der Waals surface area contributed by atoms with Gasteiger partial charge in [-0.25, -0.2) is 0 Å². The molecule has 0 amide bonds. The van der Waals surface area contributed by atoms with Crippen LogP contribution in [0.15, 0.2) is 24.4 Å². The molecule has 0 saturated heterocycles. The Labute approximate surface area is 114 Å². The van der Waals surface area contributed by atoms with Crippen LogP contribution in [0.2, 0.25) is 0 Å². The summed E-state index contributed by atoms with van der Waals surface area (Å²) in [5, 5.41) is 9.39. The molecular formula is C14H13NO5. The summed E-state index contributed by atoms with van der Waals surface area (Å²) >= 11 is 0. The number of rotatable bonds is 3. The number of benzene rings is 1. The topological polar surface area (TPSA) is 85.6 Å². The Kier molecular flexibility index (Phi) is 3.56. The molecular weight excluding hydrogens is 262 g/mol. The van der Waals surface area contributed by atoms with E-state index in [9.17, 15) is 14.4 Å². The van der Waals surface area contributed by atoms with Gasteiger partial charge in [0.05, 0.1) is 18.1 Å². The molecule has 0 fully saturated rings. The Bertz CT molecular complexity index is 714. The maximum Gasteiger partial charge on any atom is 0.308 e. The summed E-state index contributed by atoms with van der Waals surface area (Å²) in [6.45, 7) is 2.65. The fourth-order valence-corrected chi connectivity index (χ4v) is 2.02. The van der Waals surface area contributed by atoms with Gasteiger partial charge >= 0.3 is 11.9 Å². The van der Waals surface area contributed by atoms with E-state index in [1.54, 1.807) is 18.2 Å². The van der Waals surface area contributed by atoms with Gasteiger partial charge in [0, 0.05) is 19.2 Å². The van der Waals surface area contributed by atoms with Crippen LogP contribution in [-0.4, -0.2) is 27.5 Å². The quantitative estimate of drug-likeness (QED) is 0.864. The van der Waals surface area contributed by atoms with Crippen LogP contribution in [0.3, 0.4) is 0 Å². The van der Waals surface area contributed by atoms with Crippen molar-refractivity contribution < 1.29 is 24.2 Å². The van der Waals surface area contributed by atoms with Gasteiger partial charge in [-0.3, -0.25) is 19.0 Å². The molecule has 0 saturated carbocycles. The molecule has 0 unspecified atom stereocenters. The van der Waals surface area contributed by atoms with Crippen molar-refractivity contribution in [1.29, 1.82) is 0 Å². The summed E-state index contributed by atoms with van der Waals surface area (Å²) < 4.78 is 6.38. The number of hydrogen-bond acceptors (Lipinski definition) is 4. The molecule has 1 N–H and O–H groups in total. The molecule has 6 heteroatoms. The van der Waals surface area contributed by atoms with E-state index in [0.29, 0.717) is 16.5 Å². The third kappa shape index (κ3) is 2.69. The Morgan fingerprint density at radius 1 is 1.25 bits per heavy atom. The van der Waals surface area contributed by atoms with Crippen molar-refractivity contribution in [1.82, 2.24) is 4.57 Å². The molecule has 1 aromatic carbocycles. The second kappa shape index (κ2) is 5.16. The van der Waals surface area contributed by atoms with E-state index in [0.717, 1.165) is 0 Å². The van der Waals surface area contributed by atoms with E-state index in [1.807, 2.05) is 0 Å². The molecule has 2 aromatic rings. The average molecular weight is 275 g/mol. The number of carboxylic acids is 1. The second-order valence-corrected chi connectivity index (χ2v) is 4.40. The van der Waals surface area contributed by atoms with E-state index in [2.05, 4.69) is 0 Å². The number of ether oxygens (including phenoxy) is 1. The highest BCUT2D eigenvalue weighted by atomic mass is 16.5. The number of hydrogen-bond donors (Lipinski definition) is 1. The lowest BCUT2D eigenvalue weighted by Gasteiger charge is -2.02. The molecule has 0 spiro atoms. The summed E-state index contributed by atoms with van der Waals surface area (Å²) in [5.41, 5.74) is 1.09. The van der Waals surface area contributed by atoms with Crippen molar-refractivity contribution in [2.24, 2.45) is 0 Å². The van der Waals surface area contributed by atoms with Crippen LogP contribution in [0.1, 0.15) is 24.2 Å². The highest BCUT2D eigenvalue weighted by molar-refractivity contribution is 5.97. The first-order valence-electron chi connectivity index (χ1n) is 5.93. The lowest BCUT2D eigenvalue weighted by molar-refractivity contribution is -0.136. The van der Waals surface area contributed by atoms with Crippen molar-refractivity contribution in [3.63, 3.8) is 0 Å². The minimum Gasteiger partial charge on any atom is -0.481 e. The number of nitrogens with zero attached hydrogens (tertiary/aromatic N) is 1. The van der Waals surface area contributed by atoms with Crippen molar-refractivity contribution in [3.05, 3.63) is 30.0 Å². The lowest BCUT2D eigenvalue weighted by Crippen LogP contribution is -2.04. The Morgan fingerprint density at radius 3 is 2.50 bits per heavy atom. The summed E-state index contributed by atoms with van der Waals surface area (Å²) in [6.07, 6.45) is 1.29. The van der Waals surface area contributed by atoms with Gasteiger partial charge in [0.2, 0.25) is 5.91 Å². The van der Waals surface area contributed by atoms with E-state index in [1.165, 1.54) is 24.6 Å². The smallest absolute Gasteiger partial charge is 0.308 e. The average Bonchev–Trinajstić information content (AvgIpc) is 2.66.